The van der Waals surface area contributed by atoms with E-state index in [0.29, 0.717) is 88.1 Å². The second-order valence-corrected chi connectivity index (χ2v) is 21.6. The molecule has 420 valence electrons. The first-order valence-corrected chi connectivity index (χ1v) is 28.4. The predicted molar refractivity (Wildman–Crippen MR) is 292 cm³/mol. The molecule has 26 heteroatoms. The number of carbonyl (C=O) groups is 8. The molecule has 0 saturated carbocycles. The van der Waals surface area contributed by atoms with Crippen molar-refractivity contribution in [1.82, 2.24) is 50.1 Å². The minimum atomic E-state index is -1.05. The Morgan fingerprint density at radius 3 is 1.51 bits per heavy atom. The van der Waals surface area contributed by atoms with E-state index in [1.807, 2.05) is 24.3 Å². The van der Waals surface area contributed by atoms with Crippen LogP contribution in [0.15, 0.2) is 59.8 Å². The fourth-order valence-corrected chi connectivity index (χ4v) is 11.3. The Morgan fingerprint density at radius 2 is 1.09 bits per heavy atom. The smallest absolute Gasteiger partial charge is 0.303 e. The highest BCUT2D eigenvalue weighted by molar-refractivity contribution is 7.13. The van der Waals surface area contributed by atoms with Crippen LogP contribution in [0.5, 0.6) is 0 Å². The average Bonchev–Trinajstić information content (AvgIpc) is 4.32. The third kappa shape index (κ3) is 14.8. The Bertz CT molecular complexity index is 3040. The number of amides is 5. The van der Waals surface area contributed by atoms with Gasteiger partial charge in [0.2, 0.25) is 17.7 Å². The first-order valence-electron chi connectivity index (χ1n) is 26.6. The summed E-state index contributed by atoms with van der Waals surface area (Å²) in [6.07, 6.45) is 11.4. The number of nitrogens with one attached hydrogen (secondary N) is 4. The Kier molecular flexibility index (Phi) is 19.0. The summed E-state index contributed by atoms with van der Waals surface area (Å²) in [4.78, 5) is 120. The van der Waals surface area contributed by atoms with Crippen molar-refractivity contribution in [2.45, 2.75) is 102 Å². The molecule has 0 aliphatic carbocycles. The quantitative estimate of drug-likeness (QED) is 0.107. The minimum Gasteiger partial charge on any atom is -0.481 e. The molecule has 6 aromatic heterocycles. The second kappa shape index (κ2) is 26.8. The van der Waals surface area contributed by atoms with Gasteiger partial charge in [-0.25, -0.2) is 9.97 Å². The summed E-state index contributed by atoms with van der Waals surface area (Å²) >= 11 is 2.68. The summed E-state index contributed by atoms with van der Waals surface area (Å²) in [6, 6.07) is 7.50. The van der Waals surface area contributed by atoms with Crippen LogP contribution in [-0.2, 0) is 41.5 Å². The van der Waals surface area contributed by atoms with E-state index in [0.717, 1.165) is 35.4 Å². The van der Waals surface area contributed by atoms with Gasteiger partial charge in [0.05, 0.1) is 23.5 Å². The fraction of sp³-hybridized carbons (Fsp3) is 0.444. The number of nitrogens with zero attached hydrogens (tertiary/aromatic N) is 8. The molecule has 2 atom stereocenters. The van der Waals surface area contributed by atoms with Crippen molar-refractivity contribution in [3.63, 3.8) is 0 Å². The van der Waals surface area contributed by atoms with Gasteiger partial charge in [0, 0.05) is 135 Å². The number of hydrogen-bond donors (Lipinski definition) is 6. The van der Waals surface area contributed by atoms with Crippen molar-refractivity contribution in [3.05, 3.63) is 94.0 Å². The van der Waals surface area contributed by atoms with Crippen LogP contribution in [0.2, 0.25) is 0 Å². The Balaban J connectivity index is 0.000000194. The zero-order valence-corrected chi connectivity index (χ0v) is 45.4. The maximum Gasteiger partial charge on any atom is 0.303 e. The molecule has 7 N–H and O–H groups in total. The molecule has 8 bridgehead atoms. The van der Waals surface area contributed by atoms with E-state index in [9.17, 15) is 43.5 Å². The maximum atomic E-state index is 13.6. The molecule has 0 aromatic carbocycles. The largest absolute Gasteiger partial charge is 0.481 e. The van der Waals surface area contributed by atoms with Crippen molar-refractivity contribution in [2.24, 2.45) is 17.6 Å². The summed E-state index contributed by atoms with van der Waals surface area (Å²) in [7, 11) is 0. The number of carbonyl (C=O) groups excluding carboxylic acids is 7. The van der Waals surface area contributed by atoms with Gasteiger partial charge in [0.15, 0.2) is 23.0 Å². The van der Waals surface area contributed by atoms with Crippen molar-refractivity contribution >= 4 is 81.1 Å². The zero-order chi connectivity index (χ0) is 56.1. The van der Waals surface area contributed by atoms with Crippen LogP contribution in [-0.4, -0.2) is 131 Å². The molecule has 5 amide bonds. The number of nitrogens with two attached hydrogens (primary N) is 1. The molecule has 0 spiro atoms. The van der Waals surface area contributed by atoms with E-state index in [1.54, 1.807) is 44.9 Å². The first-order chi connectivity index (χ1) is 38.7. The van der Waals surface area contributed by atoms with E-state index in [2.05, 4.69) is 51.4 Å². The lowest BCUT2D eigenvalue weighted by Crippen LogP contribution is -2.34. The number of anilines is 2. The van der Waals surface area contributed by atoms with Crippen molar-refractivity contribution in [2.75, 3.05) is 50.2 Å². The highest BCUT2D eigenvalue weighted by Gasteiger charge is 2.31. The molecule has 10 heterocycles. The summed E-state index contributed by atoms with van der Waals surface area (Å²) < 4.78 is 14.3. The number of pyridine rings is 2. The van der Waals surface area contributed by atoms with Gasteiger partial charge in [-0.15, -0.1) is 22.7 Å². The van der Waals surface area contributed by atoms with E-state index in [4.69, 9.17) is 15.2 Å². The normalized spacial score (nSPS) is 19.2. The number of aryl methyl sites for hydroxylation is 2. The maximum absolute atomic E-state index is 13.6. The molecule has 2 saturated heterocycles. The number of carboxylic acids is 1. The SMILES string of the molecule is NC(=O)CCC1CC(=O)c2nn(C3CCOCC3)cc2NC(=O)c2csc(n2)-c2ccnc(c2)CCCNC1=O.O=C(O)CCC1CC(=O)c2nn(C3CCOCC3)cc2NC(=O)c2csc(n2)-c2ccnc(c2)CCCNC1=O. The summed E-state index contributed by atoms with van der Waals surface area (Å²) in [5.74, 6) is -5.78. The number of Topliss-reactive ketones (excluding diaryl/α,β-unsaturated/α-hetero) is 2. The average molecular weight is 1130 g/mol. The fourth-order valence-electron chi connectivity index (χ4n) is 9.70. The molecule has 80 heavy (non-hydrogen) atoms. The monoisotopic (exact) mass is 1130 g/mol. The summed E-state index contributed by atoms with van der Waals surface area (Å²) in [5, 5.41) is 34.3. The third-order valence-corrected chi connectivity index (χ3v) is 15.9. The summed E-state index contributed by atoms with van der Waals surface area (Å²) in [5.41, 5.74) is 9.65. The lowest BCUT2D eigenvalue weighted by atomic mass is 9.94. The van der Waals surface area contributed by atoms with Gasteiger partial charge in [-0.2, -0.15) is 10.2 Å². The Labute approximate surface area is 467 Å². The zero-order valence-electron chi connectivity index (χ0n) is 43.7. The van der Waals surface area contributed by atoms with Crippen LogP contribution in [0.25, 0.3) is 21.1 Å². The molecule has 0 radical (unpaired) electrons. The van der Waals surface area contributed by atoms with Gasteiger partial charge in [-0.05, 0) is 88.5 Å². The van der Waals surface area contributed by atoms with Gasteiger partial charge < -0.3 is 41.6 Å². The van der Waals surface area contributed by atoms with E-state index < -0.39 is 47.1 Å². The van der Waals surface area contributed by atoms with E-state index >= 15 is 0 Å². The summed E-state index contributed by atoms with van der Waals surface area (Å²) in [6.45, 7) is 3.00. The predicted octanol–water partition coefficient (Wildman–Crippen LogP) is 5.64. The molecule has 2 fully saturated rings. The molecule has 10 rings (SSSR count). The van der Waals surface area contributed by atoms with E-state index in [-0.39, 0.29) is 96.6 Å². The topological polar surface area (TPSA) is 337 Å². The number of aromatic nitrogens is 8. The number of fused-ring (bicyclic) bond motifs is 12. The van der Waals surface area contributed by atoms with Crippen molar-refractivity contribution in [1.29, 1.82) is 0 Å². The lowest BCUT2D eigenvalue weighted by molar-refractivity contribution is -0.137. The number of rotatable bonds is 8. The van der Waals surface area contributed by atoms with Crippen LogP contribution in [0.3, 0.4) is 0 Å². The highest BCUT2D eigenvalue weighted by atomic mass is 32.1. The Morgan fingerprint density at radius 1 is 0.650 bits per heavy atom. The number of carboxylic acid groups (broad SMARTS) is 1. The second-order valence-electron chi connectivity index (χ2n) is 19.9. The standard InChI is InChI=1S/C27H31N7O5S.C27H30N6O6S/c28-23(36)4-3-16-13-22(35)24-20(14-34(33-24)19-6-10-39-11-7-19)31-26(38)21-15-40-27(32-21)17-5-9-29-18(12-17)2-1-8-30-25(16)37;34-22-13-16(3-4-23(35)36)25(37)29-8-1-2-18-12-17(5-9-28-18)27-31-21(15-40-27)26(38)30-20-14-33(32-24(20)22)19-6-10-39-11-7-19/h5,9,12,14-16,19H,1-4,6-8,10-11,13H2,(H2,28,36)(H,30,37)(H,31,38);5,9,12,14-16,19H,1-4,6-8,10-11,13H2,(H,29,37)(H,30,38)(H,35,36). The van der Waals surface area contributed by atoms with Crippen molar-refractivity contribution in [3.8, 4) is 21.1 Å². The van der Waals surface area contributed by atoms with E-state index in [1.165, 1.54) is 22.7 Å². The molecular weight excluding hydrogens is 1070 g/mol. The number of aliphatic carboxylic acids is 1. The molecule has 4 aliphatic rings. The Hall–Kier alpha value is -7.94. The number of primary amides is 1. The molecule has 6 aromatic rings. The molecular formula is C54H61N13O11S2. The van der Waals surface area contributed by atoms with Crippen LogP contribution in [0, 0.1) is 11.8 Å². The number of hydrogen-bond acceptors (Lipinski definition) is 18. The number of thiazole rings is 2. The first kappa shape index (κ1) is 56.8. The number of ether oxygens (including phenoxy) is 2. The van der Waals surface area contributed by atoms with Gasteiger partial charge in [0.1, 0.15) is 21.4 Å². The van der Waals surface area contributed by atoms with Gasteiger partial charge in [-0.1, -0.05) is 0 Å². The highest BCUT2D eigenvalue weighted by Crippen LogP contribution is 2.31. The van der Waals surface area contributed by atoms with Crippen LogP contribution >= 0.6 is 22.7 Å². The minimum absolute atomic E-state index is 0.000469. The van der Waals surface area contributed by atoms with Crippen LogP contribution < -0.4 is 27.0 Å². The third-order valence-electron chi connectivity index (χ3n) is 14.1. The van der Waals surface area contributed by atoms with Gasteiger partial charge in [-0.3, -0.25) is 57.7 Å². The molecule has 24 nitrogen and oxygen atoms in total. The van der Waals surface area contributed by atoms with Crippen LogP contribution in [0.1, 0.15) is 142 Å². The molecule has 4 aliphatic heterocycles. The van der Waals surface area contributed by atoms with Gasteiger partial charge >= 0.3 is 5.97 Å². The number of ketones is 2. The lowest BCUT2D eigenvalue weighted by Gasteiger charge is -2.22. The molecule has 2 unspecified atom stereocenters. The van der Waals surface area contributed by atoms with Crippen LogP contribution in [0.4, 0.5) is 11.4 Å². The van der Waals surface area contributed by atoms with Crippen molar-refractivity contribution < 1.29 is 52.9 Å². The van der Waals surface area contributed by atoms with Gasteiger partial charge in [0.25, 0.3) is 11.8 Å².